The summed E-state index contributed by atoms with van der Waals surface area (Å²) in [6.07, 6.45) is -4.91. The predicted octanol–water partition coefficient (Wildman–Crippen LogP) is -7.12. The van der Waals surface area contributed by atoms with Crippen LogP contribution in [-0.2, 0) is 68.7 Å². The van der Waals surface area contributed by atoms with Crippen LogP contribution in [0.25, 0.3) is 0 Å². The summed E-state index contributed by atoms with van der Waals surface area (Å²) in [5, 5.41) is 0. The van der Waals surface area contributed by atoms with Gasteiger partial charge in [0.15, 0.2) is 0 Å². The van der Waals surface area contributed by atoms with Gasteiger partial charge in [0, 0.05) is 0 Å². The Bertz CT molecular complexity index is 838. The Morgan fingerprint density at radius 3 is 0.704 bits per heavy atom. The van der Waals surface area contributed by atoms with Gasteiger partial charge in [0.1, 0.15) is 0 Å². The molecule has 0 atom stereocenters. The van der Waals surface area contributed by atoms with Crippen molar-refractivity contribution in [2.45, 2.75) is 6.16 Å². The molecule has 0 aromatic carbocycles. The summed E-state index contributed by atoms with van der Waals surface area (Å²) in [6, 6.07) is 0. The topological polar surface area (TPSA) is 332 Å². The van der Waals surface area contributed by atoms with Crippen LogP contribution in [0.5, 0.6) is 0 Å². The maximum Gasteiger partial charge on any atom is 1.00 e. The Morgan fingerprint density at radius 1 is 0.519 bits per heavy atom. The van der Waals surface area contributed by atoms with Crippen LogP contribution >= 0.6 is 0 Å². The van der Waals surface area contributed by atoms with Gasteiger partial charge in [-0.25, -0.2) is 8.42 Å². The van der Waals surface area contributed by atoms with Gasteiger partial charge in [0.2, 0.25) is 10.4 Å². The molecule has 0 fully saturated rings. The third-order valence-corrected chi connectivity index (χ3v) is 2.49. The second kappa shape index (κ2) is 10.4. The van der Waals surface area contributed by atoms with Crippen molar-refractivity contribution in [3.63, 3.8) is 0 Å². The van der Waals surface area contributed by atoms with Crippen molar-refractivity contribution in [2.75, 3.05) is 0 Å². The summed E-state index contributed by atoms with van der Waals surface area (Å²) < 4.78 is 161. The molecule has 0 radical (unpaired) electrons. The maximum atomic E-state index is 10.4. The molecular formula is CH5NaO20S5. The van der Waals surface area contributed by atoms with Gasteiger partial charge in [-0.2, -0.15) is 50.4 Å². The van der Waals surface area contributed by atoms with Gasteiger partial charge in [-0.05, 0) is 0 Å². The first-order valence-electron chi connectivity index (χ1n) is 4.23. The Morgan fingerprint density at radius 2 is 0.630 bits per heavy atom. The van der Waals surface area contributed by atoms with Crippen LogP contribution in [0.2, 0.25) is 0 Å². The van der Waals surface area contributed by atoms with Crippen LogP contribution < -0.4 is 29.6 Å². The van der Waals surface area contributed by atoms with Crippen LogP contribution in [0.3, 0.4) is 0 Å². The molecule has 26 heteroatoms. The molecule has 0 saturated heterocycles. The molecule has 20 nitrogen and oxygen atoms in total. The van der Waals surface area contributed by atoms with E-state index in [4.69, 9.17) is 35.7 Å². The fourth-order valence-corrected chi connectivity index (χ4v) is 2.30. The number of hydrogen-bond donors (Lipinski definition) is 5. The largest absolute Gasteiger partial charge is 1.00 e. The summed E-state index contributed by atoms with van der Waals surface area (Å²) >= 11 is 0. The van der Waals surface area contributed by atoms with Crippen LogP contribution in [0, 0.1) is 0 Å². The van der Waals surface area contributed by atoms with E-state index in [1.54, 1.807) is 0 Å². The van der Waals surface area contributed by atoms with E-state index < -0.39 is 58.2 Å². The minimum atomic E-state index is -6.00. The van der Waals surface area contributed by atoms with Crippen LogP contribution in [0.4, 0.5) is 0 Å². The maximum absolute atomic E-state index is 10.4. The Hall–Kier alpha value is 0.350. The molecule has 0 aromatic heterocycles. The van der Waals surface area contributed by atoms with Crippen molar-refractivity contribution in [2.24, 2.45) is 0 Å². The zero-order valence-electron chi connectivity index (χ0n) is 11.9. The van der Waals surface area contributed by atoms with E-state index in [2.05, 4.69) is 16.7 Å². The molecule has 0 aromatic rings. The van der Waals surface area contributed by atoms with E-state index in [9.17, 15) is 33.7 Å². The Kier molecular flexibility index (Phi) is 12.3. The summed E-state index contributed by atoms with van der Waals surface area (Å²) in [4.78, 5) is 0. The van der Waals surface area contributed by atoms with Gasteiger partial charge in [-0.15, -0.1) is 0 Å². The second-order valence-corrected chi connectivity index (χ2v) is 7.92. The van der Waals surface area contributed by atoms with Crippen molar-refractivity contribution in [1.29, 1.82) is 0 Å². The first kappa shape index (κ1) is 32.0. The Balaban J connectivity index is -0.000000844. The zero-order chi connectivity index (χ0) is 21.8. The molecule has 0 aliphatic rings. The molecule has 0 amide bonds. The standard InChI is InChI=1S/CH4O16S4.Na.H2O4S/c2-18(3,4)14-1(15-19(5,6)7,16-20(8,9)10)17-21(11,12)13;;1-5(2,3)4/h(H,2,3,4)(H,5,6,7)(H,8,9,10)(H,11,12,13);;(H2,1,2,3,4)/q;+1;/p-1. The van der Waals surface area contributed by atoms with Gasteiger partial charge >= 0.3 is 77.3 Å². The average Bonchev–Trinajstić information content (AvgIpc) is 1.97. The van der Waals surface area contributed by atoms with E-state index in [1.807, 2.05) is 0 Å². The molecule has 0 spiro atoms. The minimum Gasteiger partial charge on any atom is -0.726 e. The number of rotatable bonds is 8. The molecule has 0 heterocycles. The summed E-state index contributed by atoms with van der Waals surface area (Å²) in [6.45, 7) is 0. The van der Waals surface area contributed by atoms with Crippen LogP contribution in [0.1, 0.15) is 0 Å². The third kappa shape index (κ3) is 26.4. The van der Waals surface area contributed by atoms with Gasteiger partial charge in [-0.1, -0.05) is 0 Å². The SMILES string of the molecule is O=S(=O)(O)OC(OS(=O)(=O)O)(OS(=O)(=O)O)OS(=O)(=O)O.O=S(=O)([O-])O.[Na+]. The van der Waals surface area contributed by atoms with Gasteiger partial charge in [0.05, 0.1) is 0 Å². The molecule has 0 unspecified atom stereocenters. The Labute approximate surface area is 173 Å². The molecule has 0 aliphatic carbocycles. The van der Waals surface area contributed by atoms with Crippen molar-refractivity contribution >= 4 is 52.0 Å². The molecule has 160 valence electrons. The number of hydrogen-bond acceptors (Lipinski definition) is 15. The first-order valence-corrected chi connectivity index (χ1v) is 11.1. The normalized spacial score (nSPS) is 13.9. The third-order valence-electron chi connectivity index (χ3n) is 0.829. The fourth-order valence-electron chi connectivity index (χ4n) is 0.599. The molecule has 0 rings (SSSR count). The molecule has 27 heavy (non-hydrogen) atoms. The van der Waals surface area contributed by atoms with E-state index in [-0.39, 0.29) is 29.6 Å². The predicted molar refractivity (Wildman–Crippen MR) is 65.6 cm³/mol. The van der Waals surface area contributed by atoms with E-state index in [1.165, 1.54) is 0 Å². The van der Waals surface area contributed by atoms with Gasteiger partial charge < -0.3 is 4.55 Å². The molecule has 0 saturated carbocycles. The molecule has 0 bridgehead atoms. The first-order chi connectivity index (χ1) is 10.8. The molecule has 0 aliphatic heterocycles. The van der Waals surface area contributed by atoms with Crippen molar-refractivity contribution in [1.82, 2.24) is 0 Å². The molecular weight excluding hydrogens is 515 g/mol. The van der Waals surface area contributed by atoms with E-state index >= 15 is 0 Å². The fraction of sp³-hybridized carbons (Fsp3) is 1.00. The van der Waals surface area contributed by atoms with E-state index in [0.29, 0.717) is 0 Å². The smallest absolute Gasteiger partial charge is 0.726 e. The second-order valence-electron chi connectivity index (χ2n) is 2.97. The van der Waals surface area contributed by atoms with Gasteiger partial charge in [0.25, 0.3) is 0 Å². The summed E-state index contributed by atoms with van der Waals surface area (Å²) in [5.41, 5.74) is 0. The van der Waals surface area contributed by atoms with Crippen LogP contribution in [-0.4, -0.2) is 75.6 Å². The molecule has 5 N–H and O–H groups in total. The van der Waals surface area contributed by atoms with Crippen molar-refractivity contribution in [3.8, 4) is 0 Å². The summed E-state index contributed by atoms with van der Waals surface area (Å²) in [7, 11) is -28.9. The summed E-state index contributed by atoms with van der Waals surface area (Å²) in [5.74, 6) is 0. The monoisotopic (exact) mass is 520 g/mol. The average molecular weight is 520 g/mol. The minimum absolute atomic E-state index is 0. The van der Waals surface area contributed by atoms with Crippen LogP contribution in [0.15, 0.2) is 0 Å². The van der Waals surface area contributed by atoms with Crippen molar-refractivity contribution < 1.29 is 116 Å². The quantitative estimate of drug-likeness (QED) is 0.0858. The van der Waals surface area contributed by atoms with Crippen molar-refractivity contribution in [3.05, 3.63) is 0 Å². The van der Waals surface area contributed by atoms with Gasteiger partial charge in [-0.3, -0.25) is 22.8 Å². The zero-order valence-corrected chi connectivity index (χ0v) is 18.0. The van der Waals surface area contributed by atoms with E-state index in [0.717, 1.165) is 0 Å².